The van der Waals surface area contributed by atoms with E-state index in [-0.39, 0.29) is 34.0 Å². The van der Waals surface area contributed by atoms with Crippen molar-refractivity contribution in [2.45, 2.75) is 0 Å². The summed E-state index contributed by atoms with van der Waals surface area (Å²) >= 11 is 0. The number of aromatic nitrogens is 3. The van der Waals surface area contributed by atoms with Gasteiger partial charge in [-0.2, -0.15) is 0 Å². The van der Waals surface area contributed by atoms with Crippen molar-refractivity contribution in [2.24, 2.45) is 0 Å². The molecule has 0 saturated carbocycles. The normalized spacial score (nSPS) is 11.1. The van der Waals surface area contributed by atoms with E-state index in [2.05, 4.69) is 15.0 Å². The van der Waals surface area contributed by atoms with Crippen LogP contribution in [0.15, 0.2) is 24.4 Å². The third kappa shape index (κ3) is 1.67. The number of nitrogens with two attached hydrogens (primary N) is 1. The molecule has 4 N–H and O–H groups in total. The van der Waals surface area contributed by atoms with Crippen LogP contribution < -0.4 is 5.73 Å². The highest BCUT2D eigenvalue weighted by Crippen LogP contribution is 2.30. The van der Waals surface area contributed by atoms with E-state index < -0.39 is 11.6 Å². The molecule has 0 fully saturated rings. The second-order valence-corrected chi connectivity index (χ2v) is 3.93. The summed E-state index contributed by atoms with van der Waals surface area (Å²) in [5.41, 5.74) is 5.59. The van der Waals surface area contributed by atoms with E-state index in [0.29, 0.717) is 0 Å². The fourth-order valence-corrected chi connectivity index (χ4v) is 1.88. The van der Waals surface area contributed by atoms with Crippen LogP contribution in [0, 0.1) is 11.6 Å². The predicted octanol–water partition coefficient (Wildman–Crippen LogP) is 2.19. The highest BCUT2D eigenvalue weighted by molar-refractivity contribution is 5.94. The van der Waals surface area contributed by atoms with Gasteiger partial charge in [-0.15, -0.1) is 0 Å². The molecule has 0 atom stereocenters. The van der Waals surface area contributed by atoms with Gasteiger partial charge in [0.1, 0.15) is 22.8 Å². The number of hydrogen-bond donors (Lipinski definition) is 3. The number of nitrogen functional groups attached to an aromatic ring is 1. The summed E-state index contributed by atoms with van der Waals surface area (Å²) in [6, 6.07) is 3.46. The van der Waals surface area contributed by atoms with Crippen LogP contribution in [0.2, 0.25) is 0 Å². The Balaban J connectivity index is 2.32. The molecule has 0 bridgehead atoms. The van der Waals surface area contributed by atoms with E-state index in [4.69, 9.17) is 5.73 Å². The molecule has 19 heavy (non-hydrogen) atoms. The maximum absolute atomic E-state index is 13.7. The maximum Gasteiger partial charge on any atom is 0.201 e. The number of nitrogens with zero attached hydrogens (tertiary/aromatic N) is 2. The SMILES string of the molecule is Nc1nc(-c2c(F)cccc2F)nc2c[nH]c(O)c12. The van der Waals surface area contributed by atoms with Gasteiger partial charge in [-0.3, -0.25) is 0 Å². The lowest BCUT2D eigenvalue weighted by Gasteiger charge is -2.05. The van der Waals surface area contributed by atoms with Crippen molar-refractivity contribution < 1.29 is 13.9 Å². The fourth-order valence-electron chi connectivity index (χ4n) is 1.88. The first-order chi connectivity index (χ1) is 9.08. The van der Waals surface area contributed by atoms with Crippen molar-refractivity contribution >= 4 is 16.7 Å². The van der Waals surface area contributed by atoms with Gasteiger partial charge in [0.15, 0.2) is 5.82 Å². The second kappa shape index (κ2) is 3.91. The topological polar surface area (TPSA) is 87.8 Å². The Kier molecular flexibility index (Phi) is 2.34. The van der Waals surface area contributed by atoms with Gasteiger partial charge in [-0.05, 0) is 12.1 Å². The average Bonchev–Trinajstić information content (AvgIpc) is 2.71. The summed E-state index contributed by atoms with van der Waals surface area (Å²) < 4.78 is 27.3. The standard InChI is InChI=1S/C12H8F2N4O/c13-5-2-1-3-6(14)8(5)11-17-7-4-16-12(19)9(7)10(15)18-11/h1-4,16,19H,(H2,15,17,18). The first-order valence-electron chi connectivity index (χ1n) is 5.36. The number of fused-ring (bicyclic) bond motifs is 1. The molecular formula is C12H8F2N4O. The zero-order valence-corrected chi connectivity index (χ0v) is 9.48. The summed E-state index contributed by atoms with van der Waals surface area (Å²) in [6.45, 7) is 0. The molecule has 2 aromatic heterocycles. The molecule has 0 aliphatic carbocycles. The lowest BCUT2D eigenvalue weighted by molar-refractivity contribution is 0.463. The molecule has 96 valence electrons. The summed E-state index contributed by atoms with van der Waals surface area (Å²) in [7, 11) is 0. The van der Waals surface area contributed by atoms with Crippen molar-refractivity contribution in [1.82, 2.24) is 15.0 Å². The molecule has 0 unspecified atom stereocenters. The Morgan fingerprint density at radius 1 is 1.16 bits per heavy atom. The summed E-state index contributed by atoms with van der Waals surface area (Å²) in [4.78, 5) is 10.3. The minimum Gasteiger partial charge on any atom is -0.494 e. The summed E-state index contributed by atoms with van der Waals surface area (Å²) in [5.74, 6) is -1.97. The third-order valence-corrected chi connectivity index (χ3v) is 2.73. The number of aromatic amines is 1. The van der Waals surface area contributed by atoms with Crippen molar-refractivity contribution in [3.8, 4) is 17.3 Å². The van der Waals surface area contributed by atoms with Gasteiger partial charge in [-0.25, -0.2) is 18.7 Å². The van der Waals surface area contributed by atoms with Gasteiger partial charge in [0.05, 0.1) is 11.1 Å². The van der Waals surface area contributed by atoms with Gasteiger partial charge >= 0.3 is 0 Å². The maximum atomic E-state index is 13.7. The number of rotatable bonds is 1. The Labute approximate surface area is 105 Å². The Bertz CT molecular complexity index is 764. The first-order valence-corrected chi connectivity index (χ1v) is 5.36. The molecule has 0 aliphatic heterocycles. The zero-order valence-electron chi connectivity index (χ0n) is 9.48. The van der Waals surface area contributed by atoms with Crippen LogP contribution in [0.1, 0.15) is 0 Å². The Hall–Kier alpha value is -2.70. The molecule has 0 radical (unpaired) electrons. The lowest BCUT2D eigenvalue weighted by Crippen LogP contribution is -1.99. The van der Waals surface area contributed by atoms with Gasteiger partial charge in [0.25, 0.3) is 0 Å². The molecule has 0 aliphatic rings. The van der Waals surface area contributed by atoms with Crippen LogP contribution in [0.4, 0.5) is 14.6 Å². The number of hydrogen-bond acceptors (Lipinski definition) is 4. The largest absolute Gasteiger partial charge is 0.494 e. The number of H-pyrrole nitrogens is 1. The highest BCUT2D eigenvalue weighted by Gasteiger charge is 2.17. The van der Waals surface area contributed by atoms with Crippen molar-refractivity contribution in [3.05, 3.63) is 36.0 Å². The van der Waals surface area contributed by atoms with Crippen molar-refractivity contribution in [2.75, 3.05) is 5.73 Å². The quantitative estimate of drug-likeness (QED) is 0.627. The number of benzene rings is 1. The second-order valence-electron chi connectivity index (χ2n) is 3.93. The Morgan fingerprint density at radius 2 is 1.84 bits per heavy atom. The van der Waals surface area contributed by atoms with Gasteiger partial charge in [0.2, 0.25) is 5.88 Å². The van der Waals surface area contributed by atoms with Crippen LogP contribution in [-0.4, -0.2) is 20.1 Å². The minimum atomic E-state index is -0.779. The minimum absolute atomic E-state index is 0.0543. The molecule has 3 rings (SSSR count). The van der Waals surface area contributed by atoms with Crippen LogP contribution in [0.5, 0.6) is 5.88 Å². The number of halogens is 2. The highest BCUT2D eigenvalue weighted by atomic mass is 19.1. The number of nitrogens with one attached hydrogen (secondary N) is 1. The molecule has 0 saturated heterocycles. The molecular weight excluding hydrogens is 254 g/mol. The van der Waals surface area contributed by atoms with Gasteiger partial charge in [-0.1, -0.05) is 6.07 Å². The lowest BCUT2D eigenvalue weighted by atomic mass is 10.2. The van der Waals surface area contributed by atoms with E-state index in [0.717, 1.165) is 12.1 Å². The van der Waals surface area contributed by atoms with Crippen LogP contribution >= 0.6 is 0 Å². The van der Waals surface area contributed by atoms with Crippen LogP contribution in [0.3, 0.4) is 0 Å². The molecule has 0 amide bonds. The number of aromatic hydroxyl groups is 1. The van der Waals surface area contributed by atoms with Crippen LogP contribution in [-0.2, 0) is 0 Å². The van der Waals surface area contributed by atoms with Gasteiger partial charge < -0.3 is 15.8 Å². The molecule has 3 aromatic rings. The molecule has 5 nitrogen and oxygen atoms in total. The van der Waals surface area contributed by atoms with E-state index in [9.17, 15) is 13.9 Å². The van der Waals surface area contributed by atoms with E-state index >= 15 is 0 Å². The average molecular weight is 262 g/mol. The zero-order chi connectivity index (χ0) is 13.6. The molecule has 2 heterocycles. The van der Waals surface area contributed by atoms with Gasteiger partial charge in [0, 0.05) is 6.20 Å². The van der Waals surface area contributed by atoms with Crippen molar-refractivity contribution in [3.63, 3.8) is 0 Å². The van der Waals surface area contributed by atoms with E-state index in [1.807, 2.05) is 0 Å². The molecule has 1 aromatic carbocycles. The smallest absolute Gasteiger partial charge is 0.201 e. The first kappa shape index (κ1) is 11.4. The van der Waals surface area contributed by atoms with E-state index in [1.165, 1.54) is 12.3 Å². The summed E-state index contributed by atoms with van der Waals surface area (Å²) in [6.07, 6.45) is 1.38. The fraction of sp³-hybridized carbons (Fsp3) is 0. The molecule has 7 heteroatoms. The molecule has 0 spiro atoms. The summed E-state index contributed by atoms with van der Waals surface area (Å²) in [5, 5.41) is 9.72. The number of anilines is 1. The van der Waals surface area contributed by atoms with Crippen molar-refractivity contribution in [1.29, 1.82) is 0 Å². The predicted molar refractivity (Wildman–Crippen MR) is 65.3 cm³/mol. The Morgan fingerprint density at radius 3 is 2.53 bits per heavy atom. The van der Waals surface area contributed by atoms with E-state index in [1.54, 1.807) is 0 Å². The van der Waals surface area contributed by atoms with Crippen LogP contribution in [0.25, 0.3) is 22.3 Å². The monoisotopic (exact) mass is 262 g/mol. The third-order valence-electron chi connectivity index (χ3n) is 2.73.